The van der Waals surface area contributed by atoms with Gasteiger partial charge in [0.2, 0.25) is 5.78 Å². The summed E-state index contributed by atoms with van der Waals surface area (Å²) < 4.78 is 4.02. The van der Waals surface area contributed by atoms with E-state index in [4.69, 9.17) is 11.6 Å². The standard InChI is InChI=1S/C23H22ClN5O3/c1-27-21(31)18-10-9-15(20(30)25-17-7-2-3-8-17)12-19(18)29-22(27)26-28(23(29)32)13-14-5-4-6-16(24)11-14/h4-6,9-12,17H,2-3,7-8,13H2,1H3,(H,25,30). The maximum atomic E-state index is 13.3. The third-order valence-corrected chi connectivity index (χ3v) is 6.30. The van der Waals surface area contributed by atoms with E-state index in [-0.39, 0.29) is 29.8 Å². The molecule has 2 heterocycles. The number of amides is 1. The lowest BCUT2D eigenvalue weighted by Gasteiger charge is -2.12. The van der Waals surface area contributed by atoms with E-state index in [2.05, 4.69) is 10.4 Å². The summed E-state index contributed by atoms with van der Waals surface area (Å²) in [7, 11) is 1.58. The monoisotopic (exact) mass is 451 g/mol. The predicted octanol–water partition coefficient (Wildman–Crippen LogP) is 2.72. The zero-order valence-electron chi connectivity index (χ0n) is 17.5. The second-order valence-corrected chi connectivity index (χ2v) is 8.69. The predicted molar refractivity (Wildman–Crippen MR) is 122 cm³/mol. The molecule has 1 aliphatic carbocycles. The zero-order valence-corrected chi connectivity index (χ0v) is 18.3. The molecule has 1 fully saturated rings. The number of carbonyl (C=O) groups excluding carboxylic acids is 1. The number of halogens is 1. The van der Waals surface area contributed by atoms with Crippen LogP contribution >= 0.6 is 11.6 Å². The van der Waals surface area contributed by atoms with Gasteiger partial charge in [-0.1, -0.05) is 36.6 Å². The molecule has 1 N–H and O–H groups in total. The highest BCUT2D eigenvalue weighted by Crippen LogP contribution is 2.19. The number of benzene rings is 2. The number of carbonyl (C=O) groups is 1. The van der Waals surface area contributed by atoms with Crippen LogP contribution in [-0.4, -0.2) is 30.7 Å². The van der Waals surface area contributed by atoms with Crippen molar-refractivity contribution in [2.45, 2.75) is 38.3 Å². The topological polar surface area (TPSA) is 90.4 Å². The Morgan fingerprint density at radius 3 is 2.69 bits per heavy atom. The van der Waals surface area contributed by atoms with Crippen molar-refractivity contribution in [3.8, 4) is 0 Å². The minimum Gasteiger partial charge on any atom is -0.349 e. The molecular formula is C23H22ClN5O3. The van der Waals surface area contributed by atoms with Gasteiger partial charge < -0.3 is 5.32 Å². The molecule has 2 aromatic carbocycles. The number of fused-ring (bicyclic) bond motifs is 3. The lowest BCUT2D eigenvalue weighted by atomic mass is 10.1. The second kappa shape index (κ2) is 7.94. The summed E-state index contributed by atoms with van der Waals surface area (Å²) >= 11 is 6.07. The van der Waals surface area contributed by atoms with Crippen LogP contribution in [0.1, 0.15) is 41.6 Å². The molecule has 9 heteroatoms. The molecule has 0 radical (unpaired) electrons. The van der Waals surface area contributed by atoms with Gasteiger partial charge in [0.1, 0.15) is 0 Å². The van der Waals surface area contributed by atoms with Gasteiger partial charge in [0.15, 0.2) is 0 Å². The van der Waals surface area contributed by atoms with Crippen LogP contribution in [0.4, 0.5) is 0 Å². The van der Waals surface area contributed by atoms with Crippen LogP contribution in [0, 0.1) is 0 Å². The Morgan fingerprint density at radius 1 is 1.16 bits per heavy atom. The Labute approximate surface area is 188 Å². The average Bonchev–Trinajstić information content (AvgIpc) is 3.40. The van der Waals surface area contributed by atoms with E-state index in [0.29, 0.717) is 21.5 Å². The molecule has 0 atom stereocenters. The average molecular weight is 452 g/mol. The smallest absolute Gasteiger partial charge is 0.349 e. The molecule has 32 heavy (non-hydrogen) atoms. The molecule has 4 aromatic rings. The van der Waals surface area contributed by atoms with Crippen molar-refractivity contribution in [2.24, 2.45) is 7.05 Å². The Morgan fingerprint density at radius 2 is 1.94 bits per heavy atom. The molecule has 0 bridgehead atoms. The molecular weight excluding hydrogens is 430 g/mol. The molecule has 5 rings (SSSR count). The second-order valence-electron chi connectivity index (χ2n) is 8.26. The maximum Gasteiger partial charge on any atom is 0.352 e. The van der Waals surface area contributed by atoms with Crippen LogP contribution in [0.25, 0.3) is 16.7 Å². The number of nitrogens with one attached hydrogen (secondary N) is 1. The molecule has 1 aliphatic rings. The number of rotatable bonds is 4. The molecule has 1 amide bonds. The van der Waals surface area contributed by atoms with E-state index >= 15 is 0 Å². The minimum atomic E-state index is -0.395. The van der Waals surface area contributed by atoms with Crippen molar-refractivity contribution >= 4 is 34.2 Å². The van der Waals surface area contributed by atoms with Crippen LogP contribution in [0.15, 0.2) is 52.1 Å². The van der Waals surface area contributed by atoms with Crippen molar-refractivity contribution < 1.29 is 4.79 Å². The zero-order chi connectivity index (χ0) is 22.4. The molecule has 1 saturated carbocycles. The molecule has 0 spiro atoms. The summed E-state index contributed by atoms with van der Waals surface area (Å²) in [4.78, 5) is 39.0. The van der Waals surface area contributed by atoms with Gasteiger partial charge in [0, 0.05) is 23.7 Å². The Hall–Kier alpha value is -3.39. The quantitative estimate of drug-likeness (QED) is 0.516. The van der Waals surface area contributed by atoms with Crippen LogP contribution in [0.2, 0.25) is 5.02 Å². The molecule has 0 saturated heterocycles. The lowest BCUT2D eigenvalue weighted by molar-refractivity contribution is 0.0938. The van der Waals surface area contributed by atoms with E-state index in [0.717, 1.165) is 31.2 Å². The number of aryl methyl sites for hydroxylation is 1. The van der Waals surface area contributed by atoms with Gasteiger partial charge in [0.05, 0.1) is 17.4 Å². The van der Waals surface area contributed by atoms with Gasteiger partial charge in [-0.25, -0.2) is 13.9 Å². The third kappa shape index (κ3) is 3.50. The molecule has 2 aromatic heterocycles. The maximum absolute atomic E-state index is 13.3. The fourth-order valence-electron chi connectivity index (χ4n) is 4.38. The molecule has 164 valence electrons. The fraction of sp³-hybridized carbons (Fsp3) is 0.304. The fourth-order valence-corrected chi connectivity index (χ4v) is 4.60. The summed E-state index contributed by atoms with van der Waals surface area (Å²) in [6.07, 6.45) is 4.17. The number of hydrogen-bond acceptors (Lipinski definition) is 4. The first-order valence-electron chi connectivity index (χ1n) is 10.6. The Balaban J connectivity index is 1.64. The van der Waals surface area contributed by atoms with Gasteiger partial charge in [-0.15, -0.1) is 5.10 Å². The first kappa shape index (κ1) is 20.5. The third-order valence-electron chi connectivity index (χ3n) is 6.07. The van der Waals surface area contributed by atoms with Crippen molar-refractivity contribution in [1.82, 2.24) is 24.1 Å². The van der Waals surface area contributed by atoms with Crippen molar-refractivity contribution in [3.63, 3.8) is 0 Å². The number of aromatic nitrogens is 4. The van der Waals surface area contributed by atoms with Gasteiger partial charge in [-0.2, -0.15) is 0 Å². The van der Waals surface area contributed by atoms with Crippen molar-refractivity contribution in [3.05, 3.63) is 79.5 Å². The summed E-state index contributed by atoms with van der Waals surface area (Å²) in [5.41, 5.74) is 0.913. The minimum absolute atomic E-state index is 0.171. The number of nitrogens with zero attached hydrogens (tertiary/aromatic N) is 4. The highest BCUT2D eigenvalue weighted by Gasteiger charge is 2.20. The first-order valence-corrected chi connectivity index (χ1v) is 11.0. The van der Waals surface area contributed by atoms with E-state index in [1.165, 1.54) is 13.6 Å². The first-order chi connectivity index (χ1) is 15.4. The lowest BCUT2D eigenvalue weighted by Crippen LogP contribution is -2.32. The van der Waals surface area contributed by atoms with E-state index in [9.17, 15) is 14.4 Å². The van der Waals surface area contributed by atoms with E-state index in [1.54, 1.807) is 43.4 Å². The largest absolute Gasteiger partial charge is 0.352 e. The SMILES string of the molecule is Cn1c(=O)c2ccc(C(=O)NC3CCCC3)cc2n2c(=O)n(Cc3cccc(Cl)c3)nc12. The van der Waals surface area contributed by atoms with Crippen LogP contribution in [0.5, 0.6) is 0 Å². The van der Waals surface area contributed by atoms with E-state index in [1.807, 2.05) is 6.07 Å². The Kier molecular flexibility index (Phi) is 5.09. The van der Waals surface area contributed by atoms with Crippen LogP contribution in [0.3, 0.4) is 0 Å². The van der Waals surface area contributed by atoms with Gasteiger partial charge in [-0.05, 0) is 48.7 Å². The van der Waals surface area contributed by atoms with E-state index < -0.39 is 5.69 Å². The molecule has 0 unspecified atom stereocenters. The normalized spacial score (nSPS) is 14.4. The van der Waals surface area contributed by atoms with Gasteiger partial charge >= 0.3 is 5.69 Å². The summed E-state index contributed by atoms with van der Waals surface area (Å²) in [6, 6.07) is 12.2. The molecule has 8 nitrogen and oxygen atoms in total. The van der Waals surface area contributed by atoms with Crippen LogP contribution < -0.4 is 16.6 Å². The summed E-state index contributed by atoms with van der Waals surface area (Å²) in [5, 5.41) is 8.35. The van der Waals surface area contributed by atoms with Crippen molar-refractivity contribution in [2.75, 3.05) is 0 Å². The molecule has 0 aliphatic heterocycles. The van der Waals surface area contributed by atoms with Crippen LogP contribution in [-0.2, 0) is 13.6 Å². The Bertz CT molecular complexity index is 1480. The highest BCUT2D eigenvalue weighted by molar-refractivity contribution is 6.30. The highest BCUT2D eigenvalue weighted by atomic mass is 35.5. The summed E-state index contributed by atoms with van der Waals surface area (Å²) in [6.45, 7) is 0.207. The van der Waals surface area contributed by atoms with Crippen molar-refractivity contribution in [1.29, 1.82) is 0 Å². The van der Waals surface area contributed by atoms with Gasteiger partial charge in [0.25, 0.3) is 11.5 Å². The van der Waals surface area contributed by atoms with Gasteiger partial charge in [-0.3, -0.25) is 14.2 Å². The number of hydrogen-bond donors (Lipinski definition) is 1. The summed E-state index contributed by atoms with van der Waals surface area (Å²) in [5.74, 6) is 0.00914.